The number of carbonyl (C=O) groups excluding carboxylic acids is 1. The Morgan fingerprint density at radius 2 is 1.81 bits per heavy atom. The Balaban J connectivity index is 2.24. The molecule has 0 aliphatic rings. The average Bonchev–Trinajstić information content (AvgIpc) is 2.58. The van der Waals surface area contributed by atoms with Gasteiger partial charge in [0.05, 0.1) is 6.04 Å². The number of amides is 1. The molecule has 6 nitrogen and oxygen atoms in total. The van der Waals surface area contributed by atoms with Crippen LogP contribution in [0.3, 0.4) is 0 Å². The molecule has 2 rings (SSSR count). The van der Waals surface area contributed by atoms with Crippen LogP contribution < -0.4 is 10.2 Å². The summed E-state index contributed by atoms with van der Waals surface area (Å²) in [5.74, 6) is -0.0815. The summed E-state index contributed by atoms with van der Waals surface area (Å²) >= 11 is 0. The highest BCUT2D eigenvalue weighted by molar-refractivity contribution is 5.92. The number of rotatable bonds is 7. The van der Waals surface area contributed by atoms with E-state index in [1.54, 1.807) is 23.1 Å². The van der Waals surface area contributed by atoms with Crippen LogP contribution in [0.2, 0.25) is 0 Å². The van der Waals surface area contributed by atoms with Crippen molar-refractivity contribution < 1.29 is 9.18 Å². The van der Waals surface area contributed by atoms with Crippen molar-refractivity contribution in [3.05, 3.63) is 53.1 Å². The number of aryl methyl sites for hydroxylation is 1. The molecule has 26 heavy (non-hydrogen) atoms. The maximum atomic E-state index is 13.2. The fourth-order valence-electron chi connectivity index (χ4n) is 2.51. The standard InChI is InChI=1S/C19H26FN5O/c1-13-12-17(23-19(21-13)25(4)5)18(26)22-16(10-11-24(2)3)14-6-8-15(20)9-7-14/h6-9,12,16H,10-11H2,1-5H3,(H,22,26). The highest BCUT2D eigenvalue weighted by atomic mass is 19.1. The minimum atomic E-state index is -0.298. The molecule has 0 radical (unpaired) electrons. The number of halogens is 1. The van der Waals surface area contributed by atoms with Crippen molar-refractivity contribution in [2.24, 2.45) is 0 Å². The molecule has 7 heteroatoms. The van der Waals surface area contributed by atoms with Crippen molar-refractivity contribution in [3.63, 3.8) is 0 Å². The molecule has 0 saturated carbocycles. The fourth-order valence-corrected chi connectivity index (χ4v) is 2.51. The second-order valence-corrected chi connectivity index (χ2v) is 6.76. The maximum absolute atomic E-state index is 13.2. The van der Waals surface area contributed by atoms with Gasteiger partial charge in [-0.3, -0.25) is 4.79 Å². The van der Waals surface area contributed by atoms with Gasteiger partial charge in [0.2, 0.25) is 5.95 Å². The van der Waals surface area contributed by atoms with Gasteiger partial charge in [-0.2, -0.15) is 0 Å². The number of hydrogen-bond donors (Lipinski definition) is 1. The van der Waals surface area contributed by atoms with Crippen LogP contribution >= 0.6 is 0 Å². The molecular formula is C19H26FN5O. The third-order valence-electron chi connectivity index (χ3n) is 3.92. The SMILES string of the molecule is Cc1cc(C(=O)NC(CCN(C)C)c2ccc(F)cc2)nc(N(C)C)n1. The summed E-state index contributed by atoms with van der Waals surface area (Å²) in [5.41, 5.74) is 1.90. The van der Waals surface area contributed by atoms with Crippen LogP contribution in [0.5, 0.6) is 0 Å². The minimum Gasteiger partial charge on any atom is -0.347 e. The molecule has 140 valence electrons. The van der Waals surface area contributed by atoms with Gasteiger partial charge in [-0.25, -0.2) is 14.4 Å². The molecule has 0 saturated heterocycles. The predicted octanol–water partition coefficient (Wildman–Crippen LogP) is 2.41. The van der Waals surface area contributed by atoms with E-state index in [0.717, 1.165) is 17.8 Å². The molecule has 1 atom stereocenters. The highest BCUT2D eigenvalue weighted by Gasteiger charge is 2.18. The Hall–Kier alpha value is -2.54. The van der Waals surface area contributed by atoms with Crippen LogP contribution in [0.25, 0.3) is 0 Å². The van der Waals surface area contributed by atoms with Crippen molar-refractivity contribution in [1.29, 1.82) is 0 Å². The van der Waals surface area contributed by atoms with Gasteiger partial charge < -0.3 is 15.1 Å². The summed E-state index contributed by atoms with van der Waals surface area (Å²) in [6, 6.07) is 7.64. The molecule has 1 amide bonds. The number of anilines is 1. The van der Waals surface area contributed by atoms with Crippen LogP contribution in [0.15, 0.2) is 30.3 Å². The summed E-state index contributed by atoms with van der Waals surface area (Å²) in [5, 5.41) is 3.02. The largest absolute Gasteiger partial charge is 0.347 e. The topological polar surface area (TPSA) is 61.4 Å². The van der Waals surface area contributed by atoms with E-state index in [0.29, 0.717) is 18.1 Å². The van der Waals surface area contributed by atoms with Crippen LogP contribution in [-0.4, -0.2) is 55.5 Å². The van der Waals surface area contributed by atoms with Gasteiger partial charge in [-0.05, 0) is 57.7 Å². The Kier molecular flexibility index (Phi) is 6.63. The first kappa shape index (κ1) is 19.8. The molecule has 1 unspecified atom stereocenters. The molecule has 1 aromatic carbocycles. The van der Waals surface area contributed by atoms with Crippen LogP contribution in [-0.2, 0) is 0 Å². The molecule has 0 fully saturated rings. The zero-order valence-corrected chi connectivity index (χ0v) is 16.0. The van der Waals surface area contributed by atoms with Gasteiger partial charge in [0.15, 0.2) is 0 Å². The van der Waals surface area contributed by atoms with E-state index in [4.69, 9.17) is 0 Å². The lowest BCUT2D eigenvalue weighted by Crippen LogP contribution is -2.32. The van der Waals surface area contributed by atoms with E-state index < -0.39 is 0 Å². The van der Waals surface area contributed by atoms with E-state index in [1.807, 2.05) is 40.0 Å². The summed E-state index contributed by atoms with van der Waals surface area (Å²) in [6.07, 6.45) is 0.703. The fraction of sp³-hybridized carbons (Fsp3) is 0.421. The molecule has 0 bridgehead atoms. The number of aromatic nitrogens is 2. The average molecular weight is 359 g/mol. The quantitative estimate of drug-likeness (QED) is 0.823. The first-order chi connectivity index (χ1) is 12.3. The summed E-state index contributed by atoms with van der Waals surface area (Å²) in [4.78, 5) is 25.2. The monoisotopic (exact) mass is 359 g/mol. The first-order valence-corrected chi connectivity index (χ1v) is 8.50. The van der Waals surface area contributed by atoms with Crippen LogP contribution in [0, 0.1) is 12.7 Å². The zero-order valence-electron chi connectivity index (χ0n) is 16.0. The molecule has 2 aromatic rings. The number of nitrogens with zero attached hydrogens (tertiary/aromatic N) is 4. The smallest absolute Gasteiger partial charge is 0.270 e. The van der Waals surface area contributed by atoms with Crippen molar-refractivity contribution in [1.82, 2.24) is 20.2 Å². The molecule has 0 spiro atoms. The van der Waals surface area contributed by atoms with Crippen molar-refractivity contribution in [2.45, 2.75) is 19.4 Å². The Morgan fingerprint density at radius 3 is 2.38 bits per heavy atom. The summed E-state index contributed by atoms with van der Waals surface area (Å²) < 4.78 is 13.2. The van der Waals surface area contributed by atoms with Gasteiger partial charge in [-0.15, -0.1) is 0 Å². The highest BCUT2D eigenvalue weighted by Crippen LogP contribution is 2.19. The Labute approximate surface area is 154 Å². The molecule has 0 aliphatic carbocycles. The normalized spacial score (nSPS) is 12.1. The van der Waals surface area contributed by atoms with Crippen molar-refractivity contribution >= 4 is 11.9 Å². The lowest BCUT2D eigenvalue weighted by molar-refractivity contribution is 0.0927. The van der Waals surface area contributed by atoms with Crippen LogP contribution in [0.1, 0.15) is 34.2 Å². The minimum absolute atomic E-state index is 0.233. The molecular weight excluding hydrogens is 333 g/mol. The van der Waals surface area contributed by atoms with E-state index in [9.17, 15) is 9.18 Å². The second-order valence-electron chi connectivity index (χ2n) is 6.76. The summed E-state index contributed by atoms with van der Waals surface area (Å²) in [6.45, 7) is 2.61. The third-order valence-corrected chi connectivity index (χ3v) is 3.92. The van der Waals surface area contributed by atoms with E-state index in [1.165, 1.54) is 12.1 Å². The predicted molar refractivity (Wildman–Crippen MR) is 101 cm³/mol. The number of carbonyl (C=O) groups is 1. The van der Waals surface area contributed by atoms with Gasteiger partial charge in [0, 0.05) is 19.8 Å². The zero-order chi connectivity index (χ0) is 19.3. The summed E-state index contributed by atoms with van der Waals surface area (Å²) in [7, 11) is 7.60. The third kappa shape index (κ3) is 5.49. The lowest BCUT2D eigenvalue weighted by Gasteiger charge is -2.21. The molecule has 1 heterocycles. The molecule has 0 aliphatic heterocycles. The van der Waals surface area contributed by atoms with Gasteiger partial charge in [0.25, 0.3) is 5.91 Å². The van der Waals surface area contributed by atoms with Crippen molar-refractivity contribution in [2.75, 3.05) is 39.6 Å². The second kappa shape index (κ2) is 8.71. The van der Waals surface area contributed by atoms with Gasteiger partial charge in [0.1, 0.15) is 11.5 Å². The Bertz CT molecular complexity index is 746. The van der Waals surface area contributed by atoms with Gasteiger partial charge >= 0.3 is 0 Å². The Morgan fingerprint density at radius 1 is 1.15 bits per heavy atom. The van der Waals surface area contributed by atoms with E-state index in [2.05, 4.69) is 15.3 Å². The number of benzene rings is 1. The van der Waals surface area contributed by atoms with Crippen molar-refractivity contribution in [3.8, 4) is 0 Å². The molecule has 1 aromatic heterocycles. The molecule has 1 N–H and O–H groups in total. The number of hydrogen-bond acceptors (Lipinski definition) is 5. The lowest BCUT2D eigenvalue weighted by atomic mass is 10.0. The van der Waals surface area contributed by atoms with Gasteiger partial charge in [-0.1, -0.05) is 12.1 Å². The van der Waals surface area contributed by atoms with E-state index >= 15 is 0 Å². The van der Waals surface area contributed by atoms with E-state index in [-0.39, 0.29) is 17.8 Å². The van der Waals surface area contributed by atoms with Crippen LogP contribution in [0.4, 0.5) is 10.3 Å². The number of nitrogens with one attached hydrogen (secondary N) is 1. The first-order valence-electron chi connectivity index (χ1n) is 8.50. The maximum Gasteiger partial charge on any atom is 0.270 e.